The predicted octanol–water partition coefficient (Wildman–Crippen LogP) is 5.73. The van der Waals surface area contributed by atoms with E-state index in [0.717, 1.165) is 16.8 Å². The van der Waals surface area contributed by atoms with Crippen LogP contribution in [0.3, 0.4) is 0 Å². The Kier molecular flexibility index (Phi) is 4.41. The molecule has 0 saturated carbocycles. The summed E-state index contributed by atoms with van der Waals surface area (Å²) < 4.78 is 5.83. The molecule has 4 aromatic rings. The molecule has 1 aromatic heterocycles. The van der Waals surface area contributed by atoms with Gasteiger partial charge in [0.15, 0.2) is 5.43 Å². The first kappa shape index (κ1) is 17.7. The van der Waals surface area contributed by atoms with Gasteiger partial charge in [-0.05, 0) is 36.8 Å². The molecule has 0 aliphatic carbocycles. The van der Waals surface area contributed by atoms with Gasteiger partial charge in [-0.25, -0.2) is 5.06 Å². The highest BCUT2D eigenvalue weighted by Gasteiger charge is 2.37. The van der Waals surface area contributed by atoms with Crippen molar-refractivity contribution < 1.29 is 9.25 Å². The van der Waals surface area contributed by atoms with Crippen molar-refractivity contribution in [2.75, 3.05) is 5.06 Å². The molecule has 4 heteroatoms. The lowest BCUT2D eigenvalue weighted by Crippen LogP contribution is -2.25. The Morgan fingerprint density at radius 3 is 2.41 bits per heavy atom. The second kappa shape index (κ2) is 7.22. The molecule has 0 radical (unpaired) electrons. The summed E-state index contributed by atoms with van der Waals surface area (Å²) in [4.78, 5) is 19.7. The zero-order valence-electron chi connectivity index (χ0n) is 16.1. The molecule has 3 aromatic carbocycles. The van der Waals surface area contributed by atoms with Crippen LogP contribution in [0.1, 0.15) is 35.3 Å². The Morgan fingerprint density at radius 1 is 0.931 bits per heavy atom. The lowest BCUT2D eigenvalue weighted by molar-refractivity contribution is 0.0835. The van der Waals surface area contributed by atoms with E-state index in [0.29, 0.717) is 23.0 Å². The minimum Gasteiger partial charge on any atom is -0.464 e. The number of rotatable bonds is 3. The summed E-state index contributed by atoms with van der Waals surface area (Å²) in [5.74, 6) is 0. The lowest BCUT2D eigenvalue weighted by Gasteiger charge is -2.24. The minimum absolute atomic E-state index is 0.00167. The molecule has 0 bridgehead atoms. The number of fused-ring (bicyclic) bond motifs is 1. The summed E-state index contributed by atoms with van der Waals surface area (Å²) in [5, 5.41) is 2.46. The van der Waals surface area contributed by atoms with Crippen LogP contribution in [0.5, 0.6) is 0 Å². The van der Waals surface area contributed by atoms with Crippen LogP contribution in [0.2, 0.25) is 0 Å². The number of para-hydroxylation sites is 1. The normalized spacial score (nSPS) is 19.0. The van der Waals surface area contributed by atoms with E-state index < -0.39 is 0 Å². The van der Waals surface area contributed by atoms with E-state index in [1.54, 1.807) is 6.26 Å². The first-order valence-electron chi connectivity index (χ1n) is 9.79. The van der Waals surface area contributed by atoms with Gasteiger partial charge in [0, 0.05) is 6.42 Å². The average Bonchev–Trinajstić information content (AvgIpc) is 3.21. The van der Waals surface area contributed by atoms with Crippen molar-refractivity contribution in [3.63, 3.8) is 0 Å². The molecule has 0 N–H and O–H groups in total. The molecule has 1 aliphatic rings. The highest BCUT2D eigenvalue weighted by Crippen LogP contribution is 2.43. The summed E-state index contributed by atoms with van der Waals surface area (Å²) in [6.07, 6.45) is 2.13. The quantitative estimate of drug-likeness (QED) is 0.453. The molecule has 2 atom stereocenters. The highest BCUT2D eigenvalue weighted by atomic mass is 16.7. The van der Waals surface area contributed by atoms with E-state index >= 15 is 0 Å². The molecule has 2 heterocycles. The van der Waals surface area contributed by atoms with E-state index in [1.807, 2.05) is 78.7 Å². The SMILES string of the molecule is Cc1ccc2occ([C@@H]3C[C@H](c4ccccc4)ON3c3ccccc3)c(=O)c2c1. The number of benzene rings is 3. The van der Waals surface area contributed by atoms with Crippen LogP contribution >= 0.6 is 0 Å². The van der Waals surface area contributed by atoms with Crippen LogP contribution in [0.25, 0.3) is 11.0 Å². The van der Waals surface area contributed by atoms with Gasteiger partial charge in [-0.1, -0.05) is 60.2 Å². The summed E-state index contributed by atoms with van der Waals surface area (Å²) in [6, 6.07) is 25.5. The molecule has 4 nitrogen and oxygen atoms in total. The van der Waals surface area contributed by atoms with E-state index in [4.69, 9.17) is 9.25 Å². The maximum absolute atomic E-state index is 13.3. The number of nitrogens with zero attached hydrogens (tertiary/aromatic N) is 1. The smallest absolute Gasteiger partial charge is 0.198 e. The Hall–Kier alpha value is -3.37. The van der Waals surface area contributed by atoms with Gasteiger partial charge in [-0.3, -0.25) is 9.63 Å². The fourth-order valence-corrected chi connectivity index (χ4v) is 3.98. The molecular weight excluding hydrogens is 362 g/mol. The van der Waals surface area contributed by atoms with Gasteiger partial charge in [0.05, 0.1) is 22.7 Å². The molecule has 1 aliphatic heterocycles. The fourth-order valence-electron chi connectivity index (χ4n) is 3.98. The van der Waals surface area contributed by atoms with Crippen LogP contribution < -0.4 is 10.5 Å². The zero-order chi connectivity index (χ0) is 19.8. The van der Waals surface area contributed by atoms with E-state index in [2.05, 4.69) is 12.1 Å². The van der Waals surface area contributed by atoms with Gasteiger partial charge >= 0.3 is 0 Å². The Labute approximate surface area is 168 Å². The molecule has 144 valence electrons. The van der Waals surface area contributed by atoms with Gasteiger partial charge in [-0.2, -0.15) is 0 Å². The van der Waals surface area contributed by atoms with Crippen LogP contribution in [-0.2, 0) is 4.84 Å². The third-order valence-corrected chi connectivity index (χ3v) is 5.46. The fraction of sp³-hybridized carbons (Fsp3) is 0.160. The van der Waals surface area contributed by atoms with Crippen molar-refractivity contribution in [1.29, 1.82) is 0 Å². The maximum atomic E-state index is 13.3. The van der Waals surface area contributed by atoms with Crippen molar-refractivity contribution in [2.24, 2.45) is 0 Å². The second-order valence-electron chi connectivity index (χ2n) is 7.44. The van der Waals surface area contributed by atoms with Crippen LogP contribution in [-0.4, -0.2) is 0 Å². The van der Waals surface area contributed by atoms with Crippen LogP contribution in [0, 0.1) is 6.92 Å². The van der Waals surface area contributed by atoms with Crippen LogP contribution in [0.15, 0.2) is 94.3 Å². The summed E-state index contributed by atoms with van der Waals surface area (Å²) in [5.41, 5.74) is 4.26. The highest BCUT2D eigenvalue weighted by molar-refractivity contribution is 5.77. The van der Waals surface area contributed by atoms with Gasteiger partial charge < -0.3 is 4.42 Å². The molecule has 1 saturated heterocycles. The van der Waals surface area contributed by atoms with Crippen molar-refractivity contribution in [2.45, 2.75) is 25.5 Å². The Bertz CT molecular complexity index is 1200. The summed E-state index contributed by atoms with van der Waals surface area (Å²) >= 11 is 0. The van der Waals surface area contributed by atoms with Crippen molar-refractivity contribution in [1.82, 2.24) is 0 Å². The maximum Gasteiger partial charge on any atom is 0.198 e. The van der Waals surface area contributed by atoms with Gasteiger partial charge in [0.25, 0.3) is 0 Å². The molecule has 0 amide bonds. The molecule has 29 heavy (non-hydrogen) atoms. The van der Waals surface area contributed by atoms with Gasteiger partial charge in [0.2, 0.25) is 0 Å². The third kappa shape index (κ3) is 3.22. The van der Waals surface area contributed by atoms with E-state index in [9.17, 15) is 4.79 Å². The Morgan fingerprint density at radius 2 is 1.66 bits per heavy atom. The standard InChI is InChI=1S/C25H21NO3/c1-17-12-13-23-20(14-17)25(27)21(16-28-23)22-15-24(18-8-4-2-5-9-18)29-26(22)19-10-6-3-7-11-19/h2-14,16,22,24H,15H2,1H3/t22-,24+/m0/s1. The monoisotopic (exact) mass is 383 g/mol. The van der Waals surface area contributed by atoms with Crippen molar-refractivity contribution in [3.8, 4) is 0 Å². The van der Waals surface area contributed by atoms with Gasteiger partial charge in [0.1, 0.15) is 18.0 Å². The van der Waals surface area contributed by atoms with Crippen molar-refractivity contribution in [3.05, 3.63) is 112 Å². The minimum atomic E-state index is -0.233. The first-order valence-corrected chi connectivity index (χ1v) is 9.79. The average molecular weight is 383 g/mol. The number of hydrogen-bond donors (Lipinski definition) is 0. The largest absolute Gasteiger partial charge is 0.464 e. The number of hydrogen-bond acceptors (Lipinski definition) is 4. The first-order chi connectivity index (χ1) is 14.2. The second-order valence-corrected chi connectivity index (χ2v) is 7.44. The number of anilines is 1. The van der Waals surface area contributed by atoms with Crippen molar-refractivity contribution >= 4 is 16.7 Å². The van der Waals surface area contributed by atoms with E-state index in [-0.39, 0.29) is 17.6 Å². The lowest BCUT2D eigenvalue weighted by atomic mass is 9.97. The molecule has 0 spiro atoms. The summed E-state index contributed by atoms with van der Waals surface area (Å²) in [7, 11) is 0. The van der Waals surface area contributed by atoms with Gasteiger partial charge in [-0.15, -0.1) is 0 Å². The third-order valence-electron chi connectivity index (χ3n) is 5.46. The summed E-state index contributed by atoms with van der Waals surface area (Å²) in [6.45, 7) is 1.98. The molecular formula is C25H21NO3. The van der Waals surface area contributed by atoms with Crippen LogP contribution in [0.4, 0.5) is 5.69 Å². The zero-order valence-corrected chi connectivity index (χ0v) is 16.1. The molecule has 1 fully saturated rings. The predicted molar refractivity (Wildman–Crippen MR) is 114 cm³/mol. The number of hydroxylamine groups is 1. The Balaban J connectivity index is 1.62. The van der Waals surface area contributed by atoms with E-state index in [1.165, 1.54) is 0 Å². The molecule has 0 unspecified atom stereocenters. The molecule has 5 rings (SSSR count). The topological polar surface area (TPSA) is 42.7 Å². The number of aryl methyl sites for hydroxylation is 1.